The van der Waals surface area contributed by atoms with E-state index >= 15 is 0 Å². The average molecular weight is 427 g/mol. The Bertz CT molecular complexity index is 902. The van der Waals surface area contributed by atoms with E-state index in [-0.39, 0.29) is 11.5 Å². The molecule has 1 aromatic rings. The molecule has 1 aromatic carbocycles. The Balaban J connectivity index is 2.60. The zero-order valence-electron chi connectivity index (χ0n) is 17.5. The van der Waals surface area contributed by atoms with Gasteiger partial charge in [-0.15, -0.1) is 0 Å². The van der Waals surface area contributed by atoms with E-state index in [2.05, 4.69) is 10.4 Å². The van der Waals surface area contributed by atoms with Crippen LogP contribution in [0.1, 0.15) is 58.9 Å². The molecule has 156 valence electrons. The number of benzene rings is 1. The van der Waals surface area contributed by atoms with Crippen LogP contribution in [0, 0.1) is 17.1 Å². The van der Waals surface area contributed by atoms with Crippen LogP contribution in [-0.4, -0.2) is 36.5 Å². The molecule has 1 aliphatic carbocycles. The highest BCUT2D eigenvalue weighted by Crippen LogP contribution is 2.42. The summed E-state index contributed by atoms with van der Waals surface area (Å²) in [6.45, 7) is 7.43. The van der Waals surface area contributed by atoms with Crippen LogP contribution in [0.15, 0.2) is 28.6 Å². The second-order valence-corrected chi connectivity index (χ2v) is 13.8. The predicted octanol–water partition coefficient (Wildman–Crippen LogP) is 4.56. The van der Waals surface area contributed by atoms with Crippen LogP contribution >= 0.6 is 0 Å². The van der Waals surface area contributed by atoms with Crippen molar-refractivity contribution in [2.24, 2.45) is 4.36 Å². The van der Waals surface area contributed by atoms with Crippen LogP contribution in [0.25, 0.3) is 0 Å². The first-order valence-electron chi connectivity index (χ1n) is 9.60. The molecule has 1 aliphatic rings. The molecular weight excluding hydrogens is 395 g/mol. The highest BCUT2D eigenvalue weighted by atomic mass is 32.2. The van der Waals surface area contributed by atoms with Gasteiger partial charge in [-0.2, -0.15) is 5.26 Å². The Morgan fingerprint density at radius 3 is 2.29 bits per heavy atom. The lowest BCUT2D eigenvalue weighted by atomic mass is 9.86. The zero-order chi connectivity index (χ0) is 21.2. The fraction of sp³-hybridized carbons (Fsp3) is 0.667. The van der Waals surface area contributed by atoms with E-state index in [1.165, 1.54) is 13.1 Å². The van der Waals surface area contributed by atoms with Crippen molar-refractivity contribution in [3.05, 3.63) is 35.6 Å². The molecule has 1 fully saturated rings. The van der Waals surface area contributed by atoms with Crippen molar-refractivity contribution in [1.82, 2.24) is 0 Å². The van der Waals surface area contributed by atoms with E-state index in [9.17, 15) is 18.1 Å². The van der Waals surface area contributed by atoms with Crippen molar-refractivity contribution >= 4 is 20.5 Å². The standard InChI is InChI=1S/C21H31FN2O2S2/c1-19(2,3)27(25)15-20(4,17-10-6-7-11-18(17)22)16-28(26,24-5)21(14-23)12-8-9-13-21/h6-7,10-11H,8-9,12-13,15-16H2,1-5H3/t20-,27-,28+/m0/s1. The summed E-state index contributed by atoms with van der Waals surface area (Å²) in [5.41, 5.74) is -0.581. The lowest BCUT2D eigenvalue weighted by molar-refractivity contribution is 0.515. The molecule has 0 spiro atoms. The van der Waals surface area contributed by atoms with Gasteiger partial charge in [0.25, 0.3) is 0 Å². The molecule has 0 N–H and O–H groups in total. The number of nitriles is 1. The Morgan fingerprint density at radius 1 is 1.25 bits per heavy atom. The highest BCUT2D eigenvalue weighted by Gasteiger charge is 2.48. The Hall–Kier alpha value is -1.26. The lowest BCUT2D eigenvalue weighted by Crippen LogP contribution is -2.46. The van der Waals surface area contributed by atoms with Gasteiger partial charge >= 0.3 is 0 Å². The molecule has 28 heavy (non-hydrogen) atoms. The quantitative estimate of drug-likeness (QED) is 0.669. The maximum atomic E-state index is 14.8. The predicted molar refractivity (Wildman–Crippen MR) is 115 cm³/mol. The molecule has 0 aliphatic heterocycles. The Kier molecular flexibility index (Phi) is 6.77. The van der Waals surface area contributed by atoms with E-state index in [1.54, 1.807) is 25.1 Å². The highest BCUT2D eigenvalue weighted by molar-refractivity contribution is 7.95. The normalized spacial score (nSPS) is 21.9. The first-order valence-corrected chi connectivity index (χ1v) is 12.6. The van der Waals surface area contributed by atoms with Crippen molar-refractivity contribution < 1.29 is 12.8 Å². The zero-order valence-corrected chi connectivity index (χ0v) is 19.1. The third-order valence-electron chi connectivity index (χ3n) is 5.69. The summed E-state index contributed by atoms with van der Waals surface area (Å²) in [5, 5.41) is 9.89. The third kappa shape index (κ3) is 4.33. The van der Waals surface area contributed by atoms with Crippen molar-refractivity contribution in [2.75, 3.05) is 18.6 Å². The Labute approximate surface area is 171 Å². The summed E-state index contributed by atoms with van der Waals surface area (Å²) >= 11 is 0. The second-order valence-electron chi connectivity index (χ2n) is 8.92. The lowest BCUT2D eigenvalue weighted by Gasteiger charge is -2.37. The van der Waals surface area contributed by atoms with Gasteiger partial charge in [-0.3, -0.25) is 4.21 Å². The van der Waals surface area contributed by atoms with Crippen LogP contribution in [0.4, 0.5) is 4.39 Å². The molecule has 3 atom stereocenters. The summed E-state index contributed by atoms with van der Waals surface area (Å²) < 4.78 is 44.6. The molecule has 0 amide bonds. The van der Waals surface area contributed by atoms with Crippen molar-refractivity contribution in [1.29, 1.82) is 5.26 Å². The largest absolute Gasteiger partial charge is 0.259 e. The van der Waals surface area contributed by atoms with Gasteiger partial charge in [-0.25, -0.2) is 13.0 Å². The van der Waals surface area contributed by atoms with E-state index < -0.39 is 41.3 Å². The molecule has 0 aromatic heterocycles. The van der Waals surface area contributed by atoms with E-state index in [0.717, 1.165) is 12.8 Å². The van der Waals surface area contributed by atoms with Crippen LogP contribution in [-0.2, 0) is 25.9 Å². The SMILES string of the molecule is CN=[S@@](=O)(C[C@](C)(C[S@](=O)C(C)(C)C)c1ccccc1F)C1(C#N)CCCC1. The van der Waals surface area contributed by atoms with Gasteiger partial charge in [0.1, 0.15) is 10.6 Å². The first kappa shape index (κ1) is 23.0. The van der Waals surface area contributed by atoms with E-state index in [4.69, 9.17) is 0 Å². The van der Waals surface area contributed by atoms with Crippen LogP contribution in [0.2, 0.25) is 0 Å². The molecule has 0 unspecified atom stereocenters. The average Bonchev–Trinajstić information content (AvgIpc) is 3.11. The molecule has 1 saturated carbocycles. The molecule has 7 heteroatoms. The van der Waals surface area contributed by atoms with Gasteiger partial charge in [0.2, 0.25) is 0 Å². The van der Waals surface area contributed by atoms with Crippen LogP contribution < -0.4 is 0 Å². The minimum atomic E-state index is -2.97. The minimum Gasteiger partial charge on any atom is -0.259 e. The van der Waals surface area contributed by atoms with Crippen molar-refractivity contribution in [3.63, 3.8) is 0 Å². The number of hydrogen-bond acceptors (Lipinski definition) is 4. The summed E-state index contributed by atoms with van der Waals surface area (Å²) in [7, 11) is -2.77. The number of halogens is 1. The fourth-order valence-electron chi connectivity index (χ4n) is 3.91. The van der Waals surface area contributed by atoms with Crippen molar-refractivity contribution in [3.8, 4) is 6.07 Å². The smallest absolute Gasteiger partial charge is 0.140 e. The van der Waals surface area contributed by atoms with Crippen LogP contribution in [0.5, 0.6) is 0 Å². The van der Waals surface area contributed by atoms with Crippen LogP contribution in [0.3, 0.4) is 0 Å². The molecule has 0 saturated heterocycles. The molecule has 0 radical (unpaired) electrons. The van der Waals surface area contributed by atoms with Gasteiger partial charge in [0.15, 0.2) is 0 Å². The molecule has 4 nitrogen and oxygen atoms in total. The second kappa shape index (κ2) is 8.23. The van der Waals surface area contributed by atoms with Gasteiger partial charge in [-0.05, 0) is 45.2 Å². The number of rotatable bonds is 6. The minimum absolute atomic E-state index is 0.0206. The number of hydrogen-bond donors (Lipinski definition) is 0. The fourth-order valence-corrected chi connectivity index (χ4v) is 8.25. The van der Waals surface area contributed by atoms with Gasteiger partial charge in [0.05, 0.1) is 15.8 Å². The molecule has 0 heterocycles. The van der Waals surface area contributed by atoms with Gasteiger partial charge in [0, 0.05) is 39.5 Å². The molecule has 0 bridgehead atoms. The summed E-state index contributed by atoms with van der Waals surface area (Å²) in [6.07, 6.45) is 2.75. The summed E-state index contributed by atoms with van der Waals surface area (Å²) in [5.74, 6) is -0.232. The van der Waals surface area contributed by atoms with E-state index in [0.29, 0.717) is 18.4 Å². The molecular formula is C21H31FN2O2S2. The maximum Gasteiger partial charge on any atom is 0.140 e. The van der Waals surface area contributed by atoms with Crippen molar-refractivity contribution in [2.45, 2.75) is 68.3 Å². The van der Waals surface area contributed by atoms with Gasteiger partial charge < -0.3 is 0 Å². The molecule has 2 rings (SSSR count). The number of nitrogens with zero attached hydrogens (tertiary/aromatic N) is 2. The Morgan fingerprint density at radius 2 is 1.82 bits per heavy atom. The summed E-state index contributed by atoms with van der Waals surface area (Å²) in [6, 6.07) is 8.68. The van der Waals surface area contributed by atoms with Gasteiger partial charge in [-0.1, -0.05) is 38.0 Å². The third-order valence-corrected chi connectivity index (χ3v) is 11.3. The first-order chi connectivity index (χ1) is 12.9. The van der Waals surface area contributed by atoms with E-state index in [1.807, 2.05) is 20.8 Å². The monoisotopic (exact) mass is 426 g/mol. The summed E-state index contributed by atoms with van der Waals surface area (Å²) in [4.78, 5) is 0. The topological polar surface area (TPSA) is 70.3 Å². The maximum absolute atomic E-state index is 14.8.